The van der Waals surface area contributed by atoms with Crippen molar-refractivity contribution in [1.29, 1.82) is 0 Å². The maximum atomic E-state index is 13.3. The Bertz CT molecular complexity index is 1500. The molecule has 0 bridgehead atoms. The Morgan fingerprint density at radius 3 is 2.49 bits per heavy atom. The van der Waals surface area contributed by atoms with Crippen molar-refractivity contribution in [3.8, 4) is 23.6 Å². The molecular weight excluding hydrogens is 523 g/mol. The molecule has 3 aromatic rings. The Morgan fingerprint density at radius 2 is 1.85 bits per heavy atom. The smallest absolute Gasteiger partial charge is 0.449 e. The third kappa shape index (κ3) is 6.29. The first-order chi connectivity index (χ1) is 18.6. The van der Waals surface area contributed by atoms with Crippen molar-refractivity contribution in [3.05, 3.63) is 34.6 Å². The number of aromatic nitrogens is 4. The highest BCUT2D eigenvalue weighted by atomic mass is 19.4. The minimum absolute atomic E-state index is 0.0264. The van der Waals surface area contributed by atoms with E-state index in [-0.39, 0.29) is 35.2 Å². The number of carbonyl (C=O) groups is 2. The fourth-order valence-corrected chi connectivity index (χ4v) is 3.76. The maximum absolute atomic E-state index is 13.3. The highest BCUT2D eigenvalue weighted by molar-refractivity contribution is 5.93. The molecule has 0 spiro atoms. The molecule has 0 saturated carbocycles. The number of rotatable bonds is 7. The van der Waals surface area contributed by atoms with Gasteiger partial charge in [-0.05, 0) is 31.2 Å². The van der Waals surface area contributed by atoms with Crippen molar-refractivity contribution in [2.45, 2.75) is 19.6 Å². The van der Waals surface area contributed by atoms with Crippen LogP contribution in [-0.4, -0.2) is 69.9 Å². The van der Waals surface area contributed by atoms with Gasteiger partial charge in [-0.2, -0.15) is 23.1 Å². The molecule has 2 N–H and O–H groups in total. The first kappa shape index (κ1) is 27.5. The number of anilines is 2. The molecule has 2 aromatic heterocycles. The average molecular weight is 547 g/mol. The van der Waals surface area contributed by atoms with Gasteiger partial charge in [0.05, 0.1) is 6.54 Å². The molecule has 3 heterocycles. The van der Waals surface area contributed by atoms with Crippen LogP contribution in [0.1, 0.15) is 6.92 Å². The summed E-state index contributed by atoms with van der Waals surface area (Å²) in [4.78, 5) is 47.0. The van der Waals surface area contributed by atoms with Crippen LogP contribution in [0.3, 0.4) is 0 Å². The van der Waals surface area contributed by atoms with E-state index in [0.29, 0.717) is 24.6 Å². The lowest BCUT2D eigenvalue weighted by Crippen LogP contribution is -2.44. The molecular formula is C24H24F3N7O5. The minimum Gasteiger partial charge on any atom is -0.449 e. The van der Waals surface area contributed by atoms with Gasteiger partial charge in [0.1, 0.15) is 5.75 Å². The van der Waals surface area contributed by atoms with E-state index in [4.69, 9.17) is 4.74 Å². The summed E-state index contributed by atoms with van der Waals surface area (Å²) in [5.74, 6) is 3.26. The van der Waals surface area contributed by atoms with Crippen LogP contribution in [0.25, 0.3) is 11.2 Å². The second-order valence-corrected chi connectivity index (χ2v) is 8.34. The predicted molar refractivity (Wildman–Crippen MR) is 133 cm³/mol. The minimum atomic E-state index is -5.19. The van der Waals surface area contributed by atoms with Crippen molar-refractivity contribution in [3.63, 3.8) is 0 Å². The van der Waals surface area contributed by atoms with Gasteiger partial charge in [-0.3, -0.25) is 18.7 Å². The van der Waals surface area contributed by atoms with E-state index in [9.17, 15) is 27.6 Å². The number of hydrogen-bond donors (Lipinski definition) is 2. The normalized spacial score (nSPS) is 13.5. The van der Waals surface area contributed by atoms with Gasteiger partial charge in [0.2, 0.25) is 5.95 Å². The zero-order chi connectivity index (χ0) is 28.2. The van der Waals surface area contributed by atoms with Crippen LogP contribution in [0.15, 0.2) is 29.1 Å². The number of benzene rings is 1. The van der Waals surface area contributed by atoms with Crippen molar-refractivity contribution in [2.75, 3.05) is 43.0 Å². The summed E-state index contributed by atoms with van der Waals surface area (Å²) in [5, 5.41) is 5.57. The van der Waals surface area contributed by atoms with E-state index >= 15 is 0 Å². The second-order valence-electron chi connectivity index (χ2n) is 8.34. The van der Waals surface area contributed by atoms with Gasteiger partial charge in [0.25, 0.3) is 11.5 Å². The van der Waals surface area contributed by atoms with Gasteiger partial charge in [0.15, 0.2) is 17.8 Å². The first-order valence-electron chi connectivity index (χ1n) is 11.7. The third-order valence-corrected chi connectivity index (χ3v) is 5.65. The standard InChI is InChI=1S/C24H24F3N7O5/c1-3-4-11-34-18-19(30-22(34)33-12-9-28-10-13-33)31-23(32(2)20(18)36)39-16-7-5-15(6-8-16)29-17(35)14-38-21(37)24(25,26)27/h5-8,28H,9-14H2,1-2H3,(H,29,35). The highest BCUT2D eigenvalue weighted by Gasteiger charge is 2.41. The summed E-state index contributed by atoms with van der Waals surface area (Å²) in [5.41, 5.74) is 0.338. The van der Waals surface area contributed by atoms with Gasteiger partial charge >= 0.3 is 18.2 Å². The topological polar surface area (TPSA) is 133 Å². The molecule has 0 atom stereocenters. The Balaban J connectivity index is 1.53. The van der Waals surface area contributed by atoms with Crippen LogP contribution >= 0.6 is 0 Å². The van der Waals surface area contributed by atoms with E-state index in [1.54, 1.807) is 11.5 Å². The van der Waals surface area contributed by atoms with Crippen LogP contribution in [0.4, 0.5) is 24.8 Å². The molecule has 0 aliphatic carbocycles. The lowest BCUT2D eigenvalue weighted by Gasteiger charge is -2.28. The number of amides is 1. The molecule has 1 aliphatic heterocycles. The Kier molecular flexibility index (Phi) is 8.05. The predicted octanol–water partition coefficient (Wildman–Crippen LogP) is 1.40. The highest BCUT2D eigenvalue weighted by Crippen LogP contribution is 2.25. The number of carbonyl (C=O) groups excluding carboxylic acids is 2. The van der Waals surface area contributed by atoms with Gasteiger partial charge in [-0.1, -0.05) is 5.92 Å². The zero-order valence-corrected chi connectivity index (χ0v) is 21.0. The number of nitrogens with one attached hydrogen (secondary N) is 2. The largest absolute Gasteiger partial charge is 0.490 e. The van der Waals surface area contributed by atoms with Crippen LogP contribution in [0.5, 0.6) is 11.8 Å². The number of ether oxygens (including phenoxy) is 2. The number of nitrogens with zero attached hydrogens (tertiary/aromatic N) is 5. The lowest BCUT2D eigenvalue weighted by atomic mass is 10.3. The van der Waals surface area contributed by atoms with E-state index in [0.717, 1.165) is 13.1 Å². The molecule has 12 nitrogen and oxygen atoms in total. The lowest BCUT2D eigenvalue weighted by molar-refractivity contribution is -0.199. The van der Waals surface area contributed by atoms with Gasteiger partial charge < -0.3 is 25.0 Å². The summed E-state index contributed by atoms with van der Waals surface area (Å²) >= 11 is 0. The van der Waals surface area contributed by atoms with Crippen LogP contribution in [-0.2, 0) is 27.9 Å². The van der Waals surface area contributed by atoms with Crippen molar-refractivity contribution < 1.29 is 32.2 Å². The van der Waals surface area contributed by atoms with E-state index < -0.39 is 24.7 Å². The van der Waals surface area contributed by atoms with E-state index in [1.165, 1.54) is 35.9 Å². The number of fused-ring (bicyclic) bond motifs is 1. The zero-order valence-electron chi connectivity index (χ0n) is 21.0. The van der Waals surface area contributed by atoms with Crippen molar-refractivity contribution in [2.24, 2.45) is 7.05 Å². The molecule has 1 saturated heterocycles. The summed E-state index contributed by atoms with van der Waals surface area (Å²) in [7, 11) is 1.51. The monoisotopic (exact) mass is 547 g/mol. The van der Waals surface area contributed by atoms with Crippen molar-refractivity contribution >= 4 is 34.7 Å². The Morgan fingerprint density at radius 1 is 1.15 bits per heavy atom. The Hall–Kier alpha value is -4.58. The fourth-order valence-electron chi connectivity index (χ4n) is 3.76. The van der Waals surface area contributed by atoms with Crippen LogP contribution in [0.2, 0.25) is 0 Å². The molecule has 206 valence electrons. The summed E-state index contributed by atoms with van der Waals surface area (Å²) < 4.78 is 49.2. The quantitative estimate of drug-likeness (QED) is 0.333. The fraction of sp³-hybridized carbons (Fsp3) is 0.375. The molecule has 39 heavy (non-hydrogen) atoms. The molecule has 0 radical (unpaired) electrons. The number of esters is 1. The molecule has 1 amide bonds. The molecule has 0 unspecified atom stereocenters. The van der Waals surface area contributed by atoms with E-state index in [1.807, 2.05) is 0 Å². The second kappa shape index (κ2) is 11.4. The summed E-state index contributed by atoms with van der Waals surface area (Å²) in [6.45, 7) is 3.85. The molecule has 1 aromatic carbocycles. The van der Waals surface area contributed by atoms with Crippen molar-refractivity contribution in [1.82, 2.24) is 24.4 Å². The molecule has 1 fully saturated rings. The third-order valence-electron chi connectivity index (χ3n) is 5.65. The SMILES string of the molecule is CC#CCn1c(N2CCNCC2)nc2nc(Oc3ccc(NC(=O)COC(=O)C(F)(F)F)cc3)n(C)c(=O)c21. The summed E-state index contributed by atoms with van der Waals surface area (Å²) in [6.07, 6.45) is -5.19. The number of alkyl halides is 3. The number of imidazole rings is 1. The maximum Gasteiger partial charge on any atom is 0.490 e. The summed E-state index contributed by atoms with van der Waals surface area (Å²) in [6, 6.07) is 5.71. The van der Waals surface area contributed by atoms with Gasteiger partial charge in [0, 0.05) is 38.9 Å². The number of halogens is 3. The molecule has 4 rings (SSSR count). The first-order valence-corrected chi connectivity index (χ1v) is 11.7. The number of piperazine rings is 1. The molecule has 15 heteroatoms. The van der Waals surface area contributed by atoms with E-state index in [2.05, 4.69) is 42.1 Å². The average Bonchev–Trinajstić information content (AvgIpc) is 3.28. The van der Waals surface area contributed by atoms with Crippen LogP contribution < -0.4 is 25.8 Å². The number of hydrogen-bond acceptors (Lipinski definition) is 9. The van der Waals surface area contributed by atoms with Gasteiger partial charge in [-0.15, -0.1) is 5.92 Å². The van der Waals surface area contributed by atoms with Crippen LogP contribution in [0, 0.1) is 11.8 Å². The molecule has 1 aliphatic rings. The van der Waals surface area contributed by atoms with Gasteiger partial charge in [-0.25, -0.2) is 4.79 Å². The Labute approximate surface area is 219 Å².